The molecule has 17 heavy (non-hydrogen) atoms. The molecule has 0 aliphatic carbocycles. The summed E-state index contributed by atoms with van der Waals surface area (Å²) in [4.78, 5) is 5.14. The Morgan fingerprint density at radius 1 is 0.941 bits per heavy atom. The van der Waals surface area contributed by atoms with Crippen LogP contribution in [0.4, 0.5) is 0 Å². The van der Waals surface area contributed by atoms with Crippen LogP contribution in [-0.2, 0) is 11.4 Å². The first kappa shape index (κ1) is 9.90. The minimum atomic E-state index is 0.498. The van der Waals surface area contributed by atoms with Gasteiger partial charge in [0.2, 0.25) is 0 Å². The van der Waals surface area contributed by atoms with Crippen molar-refractivity contribution in [3.63, 3.8) is 0 Å². The van der Waals surface area contributed by atoms with Crippen molar-refractivity contribution in [3.05, 3.63) is 65.7 Å². The second kappa shape index (κ2) is 4.29. The molecule has 0 spiro atoms. The molecule has 0 unspecified atom stereocenters. The zero-order chi connectivity index (χ0) is 11.5. The molecule has 3 nitrogen and oxygen atoms in total. The third-order valence-corrected chi connectivity index (χ3v) is 2.57. The number of para-hydroxylation sites is 1. The first-order valence-corrected chi connectivity index (χ1v) is 5.44. The minimum Gasteiger partial charge on any atom is -0.436 e. The Labute approximate surface area is 99.3 Å². The van der Waals surface area contributed by atoms with Gasteiger partial charge in [-0.25, -0.2) is 0 Å². The Bertz CT molecular complexity index is 549. The lowest BCUT2D eigenvalue weighted by molar-refractivity contribution is 0.119. The maximum Gasteiger partial charge on any atom is 0.263 e. The SMILES string of the molecule is c1ccc(OC2=NOCc3ccccc32)cc1. The lowest BCUT2D eigenvalue weighted by Crippen LogP contribution is -2.17. The molecule has 1 aliphatic rings. The third-order valence-electron chi connectivity index (χ3n) is 2.57. The summed E-state index contributed by atoms with van der Waals surface area (Å²) in [5.41, 5.74) is 2.08. The smallest absolute Gasteiger partial charge is 0.263 e. The van der Waals surface area contributed by atoms with E-state index < -0.39 is 0 Å². The van der Waals surface area contributed by atoms with Crippen LogP contribution >= 0.6 is 0 Å². The van der Waals surface area contributed by atoms with Gasteiger partial charge in [0, 0.05) is 11.1 Å². The summed E-state index contributed by atoms with van der Waals surface area (Å²) in [6, 6.07) is 17.5. The predicted molar refractivity (Wildman–Crippen MR) is 64.8 cm³/mol. The Hall–Kier alpha value is -2.29. The molecule has 3 rings (SSSR count). The Kier molecular flexibility index (Phi) is 2.50. The van der Waals surface area contributed by atoms with Gasteiger partial charge in [0.15, 0.2) is 0 Å². The molecule has 0 fully saturated rings. The molecule has 0 N–H and O–H groups in total. The third kappa shape index (κ3) is 1.99. The Morgan fingerprint density at radius 2 is 1.71 bits per heavy atom. The maximum absolute atomic E-state index is 5.71. The number of ether oxygens (including phenoxy) is 1. The number of fused-ring (bicyclic) bond motifs is 1. The van der Waals surface area contributed by atoms with E-state index in [-0.39, 0.29) is 0 Å². The van der Waals surface area contributed by atoms with Crippen molar-refractivity contribution in [1.82, 2.24) is 0 Å². The summed E-state index contributed by atoms with van der Waals surface area (Å²) in [6.07, 6.45) is 0. The summed E-state index contributed by atoms with van der Waals surface area (Å²) in [7, 11) is 0. The topological polar surface area (TPSA) is 30.8 Å². The molecule has 0 bridgehead atoms. The molecule has 0 saturated heterocycles. The van der Waals surface area contributed by atoms with E-state index in [1.165, 1.54) is 0 Å². The lowest BCUT2D eigenvalue weighted by Gasteiger charge is -2.16. The van der Waals surface area contributed by atoms with Gasteiger partial charge in [-0.3, -0.25) is 0 Å². The highest BCUT2D eigenvalue weighted by Gasteiger charge is 2.16. The Morgan fingerprint density at radius 3 is 2.59 bits per heavy atom. The van der Waals surface area contributed by atoms with Crippen LogP contribution in [-0.4, -0.2) is 5.90 Å². The van der Waals surface area contributed by atoms with Gasteiger partial charge in [0.25, 0.3) is 5.90 Å². The van der Waals surface area contributed by atoms with Crippen molar-refractivity contribution in [2.75, 3.05) is 0 Å². The van der Waals surface area contributed by atoms with Gasteiger partial charge in [0.05, 0.1) is 0 Å². The van der Waals surface area contributed by atoms with Gasteiger partial charge < -0.3 is 9.57 Å². The molecule has 0 aromatic heterocycles. The van der Waals surface area contributed by atoms with Crippen LogP contribution in [0, 0.1) is 0 Å². The second-order valence-electron chi connectivity index (χ2n) is 3.74. The maximum atomic E-state index is 5.71. The van der Waals surface area contributed by atoms with E-state index >= 15 is 0 Å². The number of hydrogen-bond donors (Lipinski definition) is 0. The van der Waals surface area contributed by atoms with E-state index in [4.69, 9.17) is 9.57 Å². The monoisotopic (exact) mass is 225 g/mol. The van der Waals surface area contributed by atoms with Crippen LogP contribution < -0.4 is 4.74 Å². The van der Waals surface area contributed by atoms with Gasteiger partial charge in [-0.1, -0.05) is 36.4 Å². The second-order valence-corrected chi connectivity index (χ2v) is 3.74. The van der Waals surface area contributed by atoms with Gasteiger partial charge in [-0.2, -0.15) is 0 Å². The van der Waals surface area contributed by atoms with Crippen LogP contribution in [0.15, 0.2) is 59.8 Å². The number of hydrogen-bond acceptors (Lipinski definition) is 3. The molecule has 0 amide bonds. The van der Waals surface area contributed by atoms with E-state index in [1.807, 2.05) is 54.6 Å². The van der Waals surface area contributed by atoms with Crippen LogP contribution in [0.5, 0.6) is 5.75 Å². The number of benzene rings is 2. The van der Waals surface area contributed by atoms with Crippen LogP contribution in [0.1, 0.15) is 11.1 Å². The van der Waals surface area contributed by atoms with Crippen molar-refractivity contribution >= 4 is 5.90 Å². The molecule has 2 aromatic carbocycles. The molecular weight excluding hydrogens is 214 g/mol. The zero-order valence-corrected chi connectivity index (χ0v) is 9.17. The quantitative estimate of drug-likeness (QED) is 0.747. The fourth-order valence-electron chi connectivity index (χ4n) is 1.74. The molecule has 0 radical (unpaired) electrons. The number of rotatable bonds is 1. The first-order valence-electron chi connectivity index (χ1n) is 5.44. The highest BCUT2D eigenvalue weighted by molar-refractivity contribution is 5.97. The van der Waals surface area contributed by atoms with Crippen molar-refractivity contribution in [3.8, 4) is 5.75 Å². The van der Waals surface area contributed by atoms with E-state index in [1.54, 1.807) is 0 Å². The zero-order valence-electron chi connectivity index (χ0n) is 9.17. The predicted octanol–water partition coefficient (Wildman–Crippen LogP) is 2.96. The van der Waals surface area contributed by atoms with Gasteiger partial charge >= 0.3 is 0 Å². The normalized spacial score (nSPS) is 13.3. The molecule has 2 aromatic rings. The lowest BCUT2D eigenvalue weighted by atomic mass is 10.1. The van der Waals surface area contributed by atoms with Crippen LogP contribution in [0.2, 0.25) is 0 Å². The van der Waals surface area contributed by atoms with E-state index in [0.717, 1.165) is 16.9 Å². The summed E-state index contributed by atoms with van der Waals surface area (Å²) >= 11 is 0. The molecule has 3 heteroatoms. The first-order chi connectivity index (χ1) is 8.43. The van der Waals surface area contributed by atoms with Crippen molar-refractivity contribution in [2.45, 2.75) is 6.61 Å². The van der Waals surface area contributed by atoms with E-state index in [2.05, 4.69) is 5.16 Å². The van der Waals surface area contributed by atoms with Gasteiger partial charge in [0.1, 0.15) is 12.4 Å². The summed E-state index contributed by atoms with van der Waals surface area (Å²) in [6.45, 7) is 0.498. The van der Waals surface area contributed by atoms with Crippen LogP contribution in [0.3, 0.4) is 0 Å². The highest BCUT2D eigenvalue weighted by atomic mass is 16.6. The summed E-state index contributed by atoms with van der Waals surface area (Å²) in [5, 5.41) is 3.96. The fourth-order valence-corrected chi connectivity index (χ4v) is 1.74. The fraction of sp³-hybridized carbons (Fsp3) is 0.0714. The molecule has 0 atom stereocenters. The summed E-state index contributed by atoms with van der Waals surface area (Å²) in [5.74, 6) is 1.27. The minimum absolute atomic E-state index is 0.498. The van der Waals surface area contributed by atoms with Gasteiger partial charge in [-0.05, 0) is 23.4 Å². The van der Waals surface area contributed by atoms with Crippen molar-refractivity contribution < 1.29 is 9.57 Å². The van der Waals surface area contributed by atoms with Crippen molar-refractivity contribution in [1.29, 1.82) is 0 Å². The molecule has 0 saturated carbocycles. The molecule has 84 valence electrons. The Balaban J connectivity index is 1.92. The average Bonchev–Trinajstić information content (AvgIpc) is 2.40. The van der Waals surface area contributed by atoms with Crippen molar-refractivity contribution in [2.24, 2.45) is 5.16 Å². The standard InChI is InChI=1S/C14H11NO2/c1-2-7-12(8-3-1)17-14-13-9-5-4-6-11(13)10-16-15-14/h1-9H,10H2. The summed E-state index contributed by atoms with van der Waals surface area (Å²) < 4.78 is 5.71. The molecular formula is C14H11NO2. The molecule has 1 aliphatic heterocycles. The number of oxime groups is 1. The molecule has 1 heterocycles. The van der Waals surface area contributed by atoms with E-state index in [0.29, 0.717) is 12.5 Å². The van der Waals surface area contributed by atoms with Gasteiger partial charge in [-0.15, -0.1) is 0 Å². The van der Waals surface area contributed by atoms with Crippen LogP contribution in [0.25, 0.3) is 0 Å². The van der Waals surface area contributed by atoms with E-state index in [9.17, 15) is 0 Å². The average molecular weight is 225 g/mol. The number of nitrogens with zero attached hydrogens (tertiary/aromatic N) is 1. The highest BCUT2D eigenvalue weighted by Crippen LogP contribution is 2.19. The largest absolute Gasteiger partial charge is 0.436 e.